The number of fused-ring (bicyclic) bond motifs is 2. The molecule has 1 aromatic carbocycles. The average molecular weight is 371 g/mol. The normalized spacial score (nSPS) is 22.2. The fraction of sp³-hybridized carbons (Fsp3) is 0.381. The van der Waals surface area contributed by atoms with Crippen LogP contribution in [0.1, 0.15) is 30.4 Å². The lowest BCUT2D eigenvalue weighted by molar-refractivity contribution is -0.134. The summed E-state index contributed by atoms with van der Waals surface area (Å²) in [4.78, 5) is 13.5. The van der Waals surface area contributed by atoms with Gasteiger partial charge in [-0.25, -0.2) is 0 Å². The highest BCUT2D eigenvalue weighted by molar-refractivity contribution is 6.30. The summed E-state index contributed by atoms with van der Waals surface area (Å²) in [5, 5.41) is 13.4. The van der Waals surface area contributed by atoms with Gasteiger partial charge in [-0.1, -0.05) is 29.3 Å². The van der Waals surface area contributed by atoms with Crippen molar-refractivity contribution in [3.63, 3.8) is 0 Å². The molecule has 4 rings (SSSR count). The van der Waals surface area contributed by atoms with E-state index in [1.54, 1.807) is 4.90 Å². The lowest BCUT2D eigenvalue weighted by Crippen LogP contribution is -2.39. The van der Waals surface area contributed by atoms with Crippen LogP contribution in [0.3, 0.4) is 0 Å². The van der Waals surface area contributed by atoms with E-state index in [9.17, 15) is 4.79 Å². The number of aryl methyl sites for hydroxylation is 1. The number of rotatable bonds is 1. The lowest BCUT2D eigenvalue weighted by Gasteiger charge is -2.33. The van der Waals surface area contributed by atoms with Crippen LogP contribution < -0.4 is 5.32 Å². The van der Waals surface area contributed by atoms with Gasteiger partial charge in [-0.05, 0) is 72.4 Å². The number of hydrogen-bond donors (Lipinski definition) is 2. The Labute approximate surface area is 158 Å². The summed E-state index contributed by atoms with van der Waals surface area (Å²) in [5.74, 6) is -0.179. The van der Waals surface area contributed by atoms with Gasteiger partial charge in [-0.2, -0.15) is 0 Å². The Morgan fingerprint density at radius 1 is 1.23 bits per heavy atom. The minimum absolute atomic E-state index is 0.179. The number of carbonyl (C=O) groups excluding carboxylic acids is 1. The molecule has 5 heteroatoms. The van der Waals surface area contributed by atoms with Crippen molar-refractivity contribution < 1.29 is 9.90 Å². The zero-order chi connectivity index (χ0) is 18.1. The van der Waals surface area contributed by atoms with Crippen molar-refractivity contribution in [1.82, 2.24) is 10.2 Å². The van der Waals surface area contributed by atoms with Crippen molar-refractivity contribution in [2.24, 2.45) is 0 Å². The molecule has 1 saturated heterocycles. The molecule has 1 aromatic rings. The molecule has 0 spiro atoms. The second-order valence-electron chi connectivity index (χ2n) is 7.06. The van der Waals surface area contributed by atoms with Crippen LogP contribution in [0.15, 0.2) is 47.7 Å². The number of allylic oxidation sites excluding steroid dienone is 2. The molecule has 0 saturated carbocycles. The lowest BCUT2D eigenvalue weighted by atomic mass is 9.85. The van der Waals surface area contributed by atoms with Crippen molar-refractivity contribution in [1.29, 1.82) is 0 Å². The summed E-state index contributed by atoms with van der Waals surface area (Å²) < 4.78 is 0. The molecule has 136 valence electrons. The molecular weight excluding hydrogens is 348 g/mol. The monoisotopic (exact) mass is 370 g/mol. The quantitative estimate of drug-likeness (QED) is 0.798. The first-order valence-electron chi connectivity index (χ1n) is 9.18. The number of piperidine rings is 1. The first-order valence-corrected chi connectivity index (χ1v) is 9.56. The number of nitrogens with zero attached hydrogens (tertiary/aromatic N) is 1. The molecule has 0 radical (unpaired) electrons. The fourth-order valence-corrected chi connectivity index (χ4v) is 4.47. The third-order valence-electron chi connectivity index (χ3n) is 5.61. The Balaban J connectivity index is 1.75. The molecule has 2 aliphatic heterocycles. The van der Waals surface area contributed by atoms with Crippen LogP contribution in [0, 0.1) is 0 Å². The van der Waals surface area contributed by atoms with Gasteiger partial charge >= 0.3 is 0 Å². The standard InChI is InChI=1S/C21H23ClN2O2/c22-17-5-6-18-16(12-17)4-3-15-2-1-9-23-21(15)20(18)14-7-10-24(11-8-14)19(26)13-25/h1-2,5-6,9,12,21,23,25H,3-4,7-8,10-11,13H2. The summed E-state index contributed by atoms with van der Waals surface area (Å²) in [6, 6.07) is 6.40. The molecular formula is C21H23ClN2O2. The van der Waals surface area contributed by atoms with Crippen molar-refractivity contribution >= 4 is 23.1 Å². The van der Waals surface area contributed by atoms with E-state index in [2.05, 4.69) is 29.6 Å². The Hall–Kier alpha value is -2.04. The highest BCUT2D eigenvalue weighted by Gasteiger charge is 2.30. The zero-order valence-electron chi connectivity index (χ0n) is 14.7. The maximum Gasteiger partial charge on any atom is 0.248 e. The van der Waals surface area contributed by atoms with Gasteiger partial charge in [0.05, 0.1) is 6.04 Å². The fourth-order valence-electron chi connectivity index (χ4n) is 4.28. The molecule has 1 fully saturated rings. The maximum absolute atomic E-state index is 11.8. The molecule has 1 atom stereocenters. The van der Waals surface area contributed by atoms with Crippen LogP contribution in [0.2, 0.25) is 5.02 Å². The number of aliphatic hydroxyl groups is 1. The second kappa shape index (κ2) is 7.29. The number of amides is 1. The van der Waals surface area contributed by atoms with Gasteiger partial charge in [-0.3, -0.25) is 4.79 Å². The minimum atomic E-state index is -0.408. The Kier molecular flexibility index (Phi) is 4.88. The number of aliphatic hydroxyl groups excluding tert-OH is 1. The van der Waals surface area contributed by atoms with E-state index in [0.717, 1.165) is 30.7 Å². The highest BCUT2D eigenvalue weighted by atomic mass is 35.5. The minimum Gasteiger partial charge on any atom is -0.387 e. The molecule has 2 heterocycles. The van der Waals surface area contributed by atoms with Gasteiger partial charge in [-0.15, -0.1) is 0 Å². The number of hydrogen-bond acceptors (Lipinski definition) is 3. The topological polar surface area (TPSA) is 52.6 Å². The van der Waals surface area contributed by atoms with Crippen LogP contribution in [-0.4, -0.2) is 41.7 Å². The molecule has 26 heavy (non-hydrogen) atoms. The largest absolute Gasteiger partial charge is 0.387 e. The van der Waals surface area contributed by atoms with Crippen LogP contribution in [0.25, 0.3) is 5.57 Å². The van der Waals surface area contributed by atoms with E-state index in [4.69, 9.17) is 16.7 Å². The van der Waals surface area contributed by atoms with Crippen molar-refractivity contribution in [2.45, 2.75) is 31.7 Å². The van der Waals surface area contributed by atoms with Gasteiger partial charge in [0.15, 0.2) is 0 Å². The maximum atomic E-state index is 11.8. The summed E-state index contributed by atoms with van der Waals surface area (Å²) in [6.45, 7) is 0.931. The number of nitrogens with one attached hydrogen (secondary N) is 1. The Bertz CT molecular complexity index is 815. The molecule has 4 nitrogen and oxygen atoms in total. The first kappa shape index (κ1) is 17.4. The van der Waals surface area contributed by atoms with Gasteiger partial charge in [0.2, 0.25) is 5.91 Å². The van der Waals surface area contributed by atoms with E-state index in [1.807, 2.05) is 12.3 Å². The predicted molar refractivity (Wildman–Crippen MR) is 104 cm³/mol. The van der Waals surface area contributed by atoms with Gasteiger partial charge in [0.25, 0.3) is 0 Å². The number of dihydropyridines is 1. The Morgan fingerprint density at radius 3 is 2.81 bits per heavy atom. The van der Waals surface area contributed by atoms with Crippen LogP contribution in [0.5, 0.6) is 0 Å². The van der Waals surface area contributed by atoms with Crippen molar-refractivity contribution in [3.8, 4) is 0 Å². The SMILES string of the molecule is O=C(CO)N1CCC(=C2c3ccc(Cl)cc3CCC3=CC=CNC32)CC1. The third-order valence-corrected chi connectivity index (χ3v) is 5.84. The molecule has 1 amide bonds. The van der Waals surface area contributed by atoms with E-state index in [0.29, 0.717) is 13.1 Å². The molecule has 3 aliphatic rings. The molecule has 2 N–H and O–H groups in total. The number of likely N-dealkylation sites (tertiary alicyclic amines) is 1. The third kappa shape index (κ3) is 3.19. The first-order chi connectivity index (χ1) is 12.7. The molecule has 1 aliphatic carbocycles. The smallest absolute Gasteiger partial charge is 0.248 e. The van der Waals surface area contributed by atoms with E-state index < -0.39 is 6.61 Å². The average Bonchev–Trinajstić information content (AvgIpc) is 2.84. The van der Waals surface area contributed by atoms with Crippen LogP contribution in [0.4, 0.5) is 0 Å². The predicted octanol–water partition coefficient (Wildman–Crippen LogP) is 3.07. The Morgan fingerprint density at radius 2 is 2.04 bits per heavy atom. The number of carbonyl (C=O) groups is 1. The summed E-state index contributed by atoms with van der Waals surface area (Å²) in [7, 11) is 0. The summed E-state index contributed by atoms with van der Waals surface area (Å²) in [5.41, 5.74) is 6.72. The second-order valence-corrected chi connectivity index (χ2v) is 7.49. The van der Waals surface area contributed by atoms with Gasteiger partial charge in [0, 0.05) is 18.1 Å². The zero-order valence-corrected chi connectivity index (χ0v) is 15.4. The molecule has 1 unspecified atom stereocenters. The number of benzene rings is 1. The van der Waals surface area contributed by atoms with E-state index in [1.165, 1.54) is 27.8 Å². The van der Waals surface area contributed by atoms with Crippen LogP contribution in [-0.2, 0) is 11.2 Å². The molecule has 0 aromatic heterocycles. The van der Waals surface area contributed by atoms with Crippen LogP contribution >= 0.6 is 11.6 Å². The van der Waals surface area contributed by atoms with E-state index in [-0.39, 0.29) is 11.9 Å². The van der Waals surface area contributed by atoms with Gasteiger partial charge in [0.1, 0.15) is 6.61 Å². The summed E-state index contributed by atoms with van der Waals surface area (Å²) in [6.07, 6.45) is 10.00. The number of halogens is 1. The van der Waals surface area contributed by atoms with Gasteiger partial charge < -0.3 is 15.3 Å². The van der Waals surface area contributed by atoms with E-state index >= 15 is 0 Å². The highest BCUT2D eigenvalue weighted by Crippen LogP contribution is 2.39. The molecule has 0 bridgehead atoms. The van der Waals surface area contributed by atoms with Crippen molar-refractivity contribution in [3.05, 3.63) is 63.8 Å². The van der Waals surface area contributed by atoms with Crippen molar-refractivity contribution in [2.75, 3.05) is 19.7 Å². The summed E-state index contributed by atoms with van der Waals surface area (Å²) >= 11 is 6.26.